The van der Waals surface area contributed by atoms with Crippen molar-refractivity contribution in [1.29, 1.82) is 0 Å². The lowest BCUT2D eigenvalue weighted by atomic mass is 10.2. The average Bonchev–Trinajstić information content (AvgIpc) is 2.08. The SMILES string of the molecule is CC(C)O/N=C/c1ccc(Br)cc1. The zero-order valence-electron chi connectivity index (χ0n) is 7.70. The molecule has 0 aliphatic heterocycles. The Morgan fingerprint density at radius 3 is 2.46 bits per heavy atom. The largest absolute Gasteiger partial charge is 0.393 e. The van der Waals surface area contributed by atoms with Gasteiger partial charge in [-0.25, -0.2) is 0 Å². The molecule has 0 bridgehead atoms. The molecule has 0 N–H and O–H groups in total. The van der Waals surface area contributed by atoms with E-state index < -0.39 is 0 Å². The molecule has 70 valence electrons. The van der Waals surface area contributed by atoms with Gasteiger partial charge in [0, 0.05) is 4.47 Å². The van der Waals surface area contributed by atoms with Crippen LogP contribution < -0.4 is 0 Å². The van der Waals surface area contributed by atoms with Crippen LogP contribution in [0.4, 0.5) is 0 Å². The van der Waals surface area contributed by atoms with E-state index in [1.807, 2.05) is 38.1 Å². The fourth-order valence-corrected chi connectivity index (χ4v) is 1.03. The van der Waals surface area contributed by atoms with Crippen molar-refractivity contribution in [2.24, 2.45) is 5.16 Å². The third-order valence-electron chi connectivity index (χ3n) is 1.34. The van der Waals surface area contributed by atoms with Crippen molar-refractivity contribution < 1.29 is 4.84 Å². The van der Waals surface area contributed by atoms with Crippen molar-refractivity contribution in [2.45, 2.75) is 20.0 Å². The quantitative estimate of drug-likeness (QED) is 0.589. The molecule has 1 aromatic carbocycles. The lowest BCUT2D eigenvalue weighted by Crippen LogP contribution is -1.95. The van der Waals surface area contributed by atoms with Gasteiger partial charge in [0.05, 0.1) is 6.21 Å². The molecule has 0 amide bonds. The van der Waals surface area contributed by atoms with Crippen LogP contribution in [0.25, 0.3) is 0 Å². The van der Waals surface area contributed by atoms with Crippen LogP contribution in [0.1, 0.15) is 19.4 Å². The molecule has 2 nitrogen and oxygen atoms in total. The van der Waals surface area contributed by atoms with Crippen LogP contribution >= 0.6 is 15.9 Å². The second kappa shape index (κ2) is 5.02. The van der Waals surface area contributed by atoms with E-state index in [4.69, 9.17) is 4.84 Å². The molecule has 13 heavy (non-hydrogen) atoms. The summed E-state index contributed by atoms with van der Waals surface area (Å²) in [6.07, 6.45) is 1.83. The molecule has 0 saturated carbocycles. The Bertz CT molecular complexity index is 279. The highest BCUT2D eigenvalue weighted by atomic mass is 79.9. The monoisotopic (exact) mass is 241 g/mol. The zero-order valence-corrected chi connectivity index (χ0v) is 9.28. The van der Waals surface area contributed by atoms with Gasteiger partial charge in [0.2, 0.25) is 0 Å². The molecule has 0 aromatic heterocycles. The molecular weight excluding hydrogens is 230 g/mol. The Morgan fingerprint density at radius 2 is 1.92 bits per heavy atom. The first-order valence-corrected chi connectivity index (χ1v) is 4.92. The predicted molar refractivity (Wildman–Crippen MR) is 58.0 cm³/mol. The molecule has 0 radical (unpaired) electrons. The third-order valence-corrected chi connectivity index (χ3v) is 1.87. The van der Waals surface area contributed by atoms with Crippen LogP contribution in [-0.4, -0.2) is 12.3 Å². The van der Waals surface area contributed by atoms with E-state index in [-0.39, 0.29) is 6.10 Å². The molecule has 0 atom stereocenters. The second-order valence-electron chi connectivity index (χ2n) is 2.94. The van der Waals surface area contributed by atoms with Gasteiger partial charge in [-0.05, 0) is 31.5 Å². The number of halogens is 1. The van der Waals surface area contributed by atoms with Crippen LogP contribution in [0, 0.1) is 0 Å². The number of rotatable bonds is 3. The summed E-state index contributed by atoms with van der Waals surface area (Å²) in [6, 6.07) is 7.88. The fraction of sp³-hybridized carbons (Fsp3) is 0.300. The highest BCUT2D eigenvalue weighted by Gasteiger charge is 1.90. The first kappa shape index (κ1) is 10.3. The van der Waals surface area contributed by atoms with Gasteiger partial charge in [0.15, 0.2) is 0 Å². The zero-order chi connectivity index (χ0) is 9.68. The molecule has 0 fully saturated rings. The Morgan fingerprint density at radius 1 is 1.31 bits per heavy atom. The molecular formula is C10H12BrNO. The highest BCUT2D eigenvalue weighted by Crippen LogP contribution is 2.09. The maximum absolute atomic E-state index is 5.03. The predicted octanol–water partition coefficient (Wildman–Crippen LogP) is 3.21. The molecule has 1 aromatic rings. The van der Waals surface area contributed by atoms with Gasteiger partial charge in [-0.1, -0.05) is 33.2 Å². The van der Waals surface area contributed by atoms with Gasteiger partial charge in [-0.15, -0.1) is 0 Å². The lowest BCUT2D eigenvalue weighted by Gasteiger charge is -2.00. The van der Waals surface area contributed by atoms with Crippen LogP contribution in [0.15, 0.2) is 33.9 Å². The topological polar surface area (TPSA) is 21.6 Å². The third kappa shape index (κ3) is 4.08. The van der Waals surface area contributed by atoms with E-state index in [1.165, 1.54) is 0 Å². The van der Waals surface area contributed by atoms with Crippen LogP contribution in [-0.2, 0) is 4.84 Å². The fourth-order valence-electron chi connectivity index (χ4n) is 0.762. The first-order valence-electron chi connectivity index (χ1n) is 4.13. The summed E-state index contributed by atoms with van der Waals surface area (Å²) in [5.74, 6) is 0. The van der Waals surface area contributed by atoms with Crippen molar-refractivity contribution >= 4 is 22.1 Å². The van der Waals surface area contributed by atoms with Gasteiger partial charge < -0.3 is 4.84 Å². The van der Waals surface area contributed by atoms with Crippen LogP contribution in [0.5, 0.6) is 0 Å². The number of hydrogen-bond donors (Lipinski definition) is 0. The van der Waals surface area contributed by atoms with Gasteiger partial charge in [0.1, 0.15) is 6.10 Å². The average molecular weight is 242 g/mol. The molecule has 0 heterocycles. The van der Waals surface area contributed by atoms with E-state index in [0.717, 1.165) is 10.0 Å². The van der Waals surface area contributed by atoms with Gasteiger partial charge in [-0.3, -0.25) is 0 Å². The summed E-state index contributed by atoms with van der Waals surface area (Å²) >= 11 is 3.36. The number of benzene rings is 1. The Hall–Kier alpha value is -0.830. The van der Waals surface area contributed by atoms with Crippen LogP contribution in [0.2, 0.25) is 0 Å². The van der Waals surface area contributed by atoms with Gasteiger partial charge >= 0.3 is 0 Å². The lowest BCUT2D eigenvalue weighted by molar-refractivity contribution is 0.0874. The summed E-state index contributed by atoms with van der Waals surface area (Å²) in [7, 11) is 0. The summed E-state index contributed by atoms with van der Waals surface area (Å²) < 4.78 is 1.06. The maximum Gasteiger partial charge on any atom is 0.122 e. The van der Waals surface area contributed by atoms with E-state index in [9.17, 15) is 0 Å². The van der Waals surface area contributed by atoms with E-state index in [2.05, 4.69) is 21.1 Å². The summed E-state index contributed by atoms with van der Waals surface area (Å²) in [4.78, 5) is 5.03. The Balaban J connectivity index is 2.54. The standard InChI is InChI=1S/C10H12BrNO/c1-8(2)13-12-7-9-3-5-10(11)6-4-9/h3-8H,1-2H3/b12-7+. The molecule has 0 saturated heterocycles. The second-order valence-corrected chi connectivity index (χ2v) is 3.86. The van der Waals surface area contributed by atoms with Crippen molar-refractivity contribution in [3.8, 4) is 0 Å². The summed E-state index contributed by atoms with van der Waals surface area (Å²) in [6.45, 7) is 3.89. The van der Waals surface area contributed by atoms with Crippen molar-refractivity contribution in [3.63, 3.8) is 0 Å². The van der Waals surface area contributed by atoms with Gasteiger partial charge in [-0.2, -0.15) is 0 Å². The molecule has 0 aliphatic rings. The van der Waals surface area contributed by atoms with E-state index in [1.54, 1.807) is 6.21 Å². The maximum atomic E-state index is 5.03. The minimum atomic E-state index is 0.131. The number of nitrogens with zero attached hydrogens (tertiary/aromatic N) is 1. The summed E-state index contributed by atoms with van der Waals surface area (Å²) in [5.41, 5.74) is 1.03. The minimum Gasteiger partial charge on any atom is -0.393 e. The smallest absolute Gasteiger partial charge is 0.122 e. The van der Waals surface area contributed by atoms with Crippen molar-refractivity contribution in [2.75, 3.05) is 0 Å². The molecule has 0 spiro atoms. The normalized spacial score (nSPS) is 11.1. The van der Waals surface area contributed by atoms with E-state index >= 15 is 0 Å². The molecule has 0 unspecified atom stereocenters. The van der Waals surface area contributed by atoms with Gasteiger partial charge in [0.25, 0.3) is 0 Å². The first-order chi connectivity index (χ1) is 6.18. The molecule has 0 aliphatic carbocycles. The summed E-state index contributed by atoms with van der Waals surface area (Å²) in [5, 5.41) is 3.83. The number of hydrogen-bond acceptors (Lipinski definition) is 2. The Labute approximate surface area is 86.7 Å². The molecule has 1 rings (SSSR count). The van der Waals surface area contributed by atoms with Crippen molar-refractivity contribution in [3.05, 3.63) is 34.3 Å². The van der Waals surface area contributed by atoms with Crippen LogP contribution in [0.3, 0.4) is 0 Å². The molecule has 3 heteroatoms. The minimum absolute atomic E-state index is 0.131. The number of oxime groups is 1. The highest BCUT2D eigenvalue weighted by molar-refractivity contribution is 9.10. The Kier molecular flexibility index (Phi) is 3.96. The van der Waals surface area contributed by atoms with E-state index in [0.29, 0.717) is 0 Å². The van der Waals surface area contributed by atoms with Crippen molar-refractivity contribution in [1.82, 2.24) is 0 Å².